The molecule has 2 aromatic carbocycles. The second kappa shape index (κ2) is 7.75. The summed E-state index contributed by atoms with van der Waals surface area (Å²) in [7, 11) is 0. The van der Waals surface area contributed by atoms with E-state index in [9.17, 15) is 9.90 Å². The molecule has 2 rings (SSSR count). The Morgan fingerprint density at radius 1 is 1.25 bits per heavy atom. The lowest BCUT2D eigenvalue weighted by molar-refractivity contribution is 0.103. The number of carbonyl (C=O) groups excluding carboxylic acids is 1. The van der Waals surface area contributed by atoms with Crippen LogP contribution >= 0.6 is 11.6 Å². The lowest BCUT2D eigenvalue weighted by Crippen LogP contribution is -2.04. The van der Waals surface area contributed by atoms with Gasteiger partial charge in [0.25, 0.3) is 0 Å². The fourth-order valence-corrected chi connectivity index (χ4v) is 2.26. The number of hydrogen-bond acceptors (Lipinski definition) is 5. The molecule has 0 saturated carbocycles. The Hall–Kier alpha value is -2.66. The average Bonchev–Trinajstić information content (AvgIpc) is 2.58. The molecule has 124 valence electrons. The van der Waals surface area contributed by atoms with E-state index in [1.54, 1.807) is 18.2 Å². The minimum Gasteiger partial charge on any atom is -0.506 e. The zero-order valence-electron chi connectivity index (χ0n) is 13.4. The number of halogens is 1. The van der Waals surface area contributed by atoms with Gasteiger partial charge in [-0.05, 0) is 29.7 Å². The molecular formula is C18H18ClN3O2. The van der Waals surface area contributed by atoms with Crippen LogP contribution in [0.3, 0.4) is 0 Å². The summed E-state index contributed by atoms with van der Waals surface area (Å²) in [6.07, 6.45) is 1.27. The molecule has 0 aromatic heterocycles. The minimum absolute atomic E-state index is 0.0197. The Morgan fingerprint density at radius 2 is 1.92 bits per heavy atom. The maximum absolute atomic E-state index is 12.4. The number of carbonyl (C=O) groups is 1. The Labute approximate surface area is 145 Å². The van der Waals surface area contributed by atoms with E-state index in [4.69, 9.17) is 17.1 Å². The molecule has 0 heterocycles. The van der Waals surface area contributed by atoms with Crippen molar-refractivity contribution in [1.82, 2.24) is 0 Å². The lowest BCUT2D eigenvalue weighted by atomic mass is 10.00. The summed E-state index contributed by atoms with van der Waals surface area (Å²) < 4.78 is 0. The molecular weight excluding hydrogens is 326 g/mol. The number of rotatable bonds is 6. The van der Waals surface area contributed by atoms with Crippen LogP contribution in [-0.4, -0.2) is 10.9 Å². The Bertz CT molecular complexity index is 783. The second-order valence-corrected chi connectivity index (χ2v) is 5.99. The van der Waals surface area contributed by atoms with Gasteiger partial charge in [0.1, 0.15) is 11.4 Å². The first-order valence-corrected chi connectivity index (χ1v) is 7.77. The Balaban J connectivity index is 2.21. The monoisotopic (exact) mass is 343 g/mol. The summed E-state index contributed by atoms with van der Waals surface area (Å²) in [5.41, 5.74) is 9.04. The molecule has 5 nitrogen and oxygen atoms in total. The number of allylic oxidation sites excluding steroid dienone is 1. The molecule has 0 saturated heterocycles. The molecule has 2 aromatic rings. The van der Waals surface area contributed by atoms with E-state index in [2.05, 4.69) is 24.3 Å². The van der Waals surface area contributed by atoms with Crippen LogP contribution < -0.4 is 5.32 Å². The van der Waals surface area contributed by atoms with Crippen LogP contribution in [0.2, 0.25) is 5.02 Å². The van der Waals surface area contributed by atoms with E-state index < -0.39 is 0 Å². The van der Waals surface area contributed by atoms with Gasteiger partial charge in [0, 0.05) is 16.8 Å². The van der Waals surface area contributed by atoms with E-state index in [1.165, 1.54) is 18.3 Å². The molecule has 0 amide bonds. The molecule has 24 heavy (non-hydrogen) atoms. The smallest absolute Gasteiger partial charge is 0.214 e. The third-order valence-corrected chi connectivity index (χ3v) is 3.75. The molecule has 3 N–H and O–H groups in total. The molecule has 0 unspecified atom stereocenters. The zero-order valence-corrected chi connectivity index (χ0v) is 14.1. The van der Waals surface area contributed by atoms with Gasteiger partial charge in [0.15, 0.2) is 0 Å². The molecule has 0 spiro atoms. The number of phenols is 1. The van der Waals surface area contributed by atoms with Crippen molar-refractivity contribution in [3.63, 3.8) is 0 Å². The molecule has 0 atom stereocenters. The van der Waals surface area contributed by atoms with Gasteiger partial charge in [-0.2, -0.15) is 5.11 Å². The molecule has 6 heteroatoms. The highest BCUT2D eigenvalue weighted by molar-refractivity contribution is 6.30. The highest BCUT2D eigenvalue weighted by atomic mass is 35.5. The number of phenolic OH excluding ortho intramolecular Hbond substituents is 1. The van der Waals surface area contributed by atoms with Crippen molar-refractivity contribution in [2.75, 3.05) is 5.32 Å². The van der Waals surface area contributed by atoms with Gasteiger partial charge in [0.2, 0.25) is 5.78 Å². The van der Waals surface area contributed by atoms with Gasteiger partial charge in [-0.3, -0.25) is 4.79 Å². The van der Waals surface area contributed by atoms with Crippen LogP contribution in [0.25, 0.3) is 0 Å². The third-order valence-electron chi connectivity index (χ3n) is 3.52. The maximum atomic E-state index is 12.4. The van der Waals surface area contributed by atoms with E-state index in [0.29, 0.717) is 22.2 Å². The van der Waals surface area contributed by atoms with E-state index in [-0.39, 0.29) is 17.2 Å². The number of hydrogen-bond donors (Lipinski definition) is 3. The summed E-state index contributed by atoms with van der Waals surface area (Å²) in [4.78, 5) is 12.4. The summed E-state index contributed by atoms with van der Waals surface area (Å²) in [6.45, 7) is 4.14. The number of ketones is 1. The fraction of sp³-hybridized carbons (Fsp3) is 0.167. The maximum Gasteiger partial charge on any atom is 0.214 e. The predicted octanol–water partition coefficient (Wildman–Crippen LogP) is 5.34. The van der Waals surface area contributed by atoms with Gasteiger partial charge >= 0.3 is 0 Å². The standard InChI is InChI=1S/C18H18ClN3O2/c1-11(2)12-3-5-13(6-4-12)18(24)16(22-20)10-21-15-9-14(19)7-8-17(15)23/h3-11,20-21,23H,1-2H3/b16-10-,22-20?. The van der Waals surface area contributed by atoms with Crippen molar-refractivity contribution in [1.29, 1.82) is 5.53 Å². The number of aromatic hydroxyl groups is 1. The van der Waals surface area contributed by atoms with Crippen LogP contribution in [0.4, 0.5) is 5.69 Å². The summed E-state index contributed by atoms with van der Waals surface area (Å²) in [5, 5.41) is 16.2. The molecule has 0 aliphatic rings. The summed E-state index contributed by atoms with van der Waals surface area (Å²) in [5.74, 6) is -0.0273. The SMILES string of the molecule is CC(C)c1ccc(C(=O)/C(=C/Nc2cc(Cl)ccc2O)N=N)cc1. The van der Waals surface area contributed by atoms with Gasteiger partial charge in [-0.25, -0.2) is 5.53 Å². The van der Waals surface area contributed by atoms with E-state index >= 15 is 0 Å². The predicted molar refractivity (Wildman–Crippen MR) is 94.8 cm³/mol. The highest BCUT2D eigenvalue weighted by Gasteiger charge is 2.13. The van der Waals surface area contributed by atoms with Gasteiger partial charge in [-0.15, -0.1) is 0 Å². The topological polar surface area (TPSA) is 85.5 Å². The van der Waals surface area contributed by atoms with Crippen molar-refractivity contribution in [2.45, 2.75) is 19.8 Å². The van der Waals surface area contributed by atoms with Crippen molar-refractivity contribution in [2.24, 2.45) is 5.11 Å². The van der Waals surface area contributed by atoms with Crippen molar-refractivity contribution in [3.05, 3.63) is 70.5 Å². The number of Topliss-reactive ketones (excluding diaryl/α,β-unsaturated/α-hetero) is 1. The number of benzene rings is 2. The van der Waals surface area contributed by atoms with Crippen molar-refractivity contribution < 1.29 is 9.90 Å². The van der Waals surface area contributed by atoms with Gasteiger partial charge < -0.3 is 10.4 Å². The first-order chi connectivity index (χ1) is 11.4. The first kappa shape index (κ1) is 17.7. The molecule has 0 aliphatic carbocycles. The van der Waals surface area contributed by atoms with Crippen LogP contribution in [0.5, 0.6) is 5.75 Å². The fourth-order valence-electron chi connectivity index (χ4n) is 2.09. The molecule has 0 fully saturated rings. The third kappa shape index (κ3) is 4.20. The summed E-state index contributed by atoms with van der Waals surface area (Å²) >= 11 is 5.87. The Morgan fingerprint density at radius 3 is 2.50 bits per heavy atom. The molecule has 0 bridgehead atoms. The average molecular weight is 344 g/mol. The zero-order chi connectivity index (χ0) is 17.7. The van der Waals surface area contributed by atoms with Crippen LogP contribution in [0, 0.1) is 5.53 Å². The molecule has 0 aliphatic heterocycles. The quantitative estimate of drug-likeness (QED) is 0.286. The normalized spacial score (nSPS) is 11.4. The van der Waals surface area contributed by atoms with Gasteiger partial charge in [0.05, 0.1) is 5.69 Å². The summed E-state index contributed by atoms with van der Waals surface area (Å²) in [6, 6.07) is 11.7. The lowest BCUT2D eigenvalue weighted by Gasteiger charge is -2.07. The van der Waals surface area contributed by atoms with E-state index in [1.807, 2.05) is 12.1 Å². The van der Waals surface area contributed by atoms with Gasteiger partial charge in [-0.1, -0.05) is 49.7 Å². The second-order valence-electron chi connectivity index (χ2n) is 5.55. The first-order valence-electron chi connectivity index (χ1n) is 7.39. The van der Waals surface area contributed by atoms with Crippen LogP contribution in [0.1, 0.15) is 35.7 Å². The largest absolute Gasteiger partial charge is 0.506 e. The Kier molecular flexibility index (Phi) is 5.71. The van der Waals surface area contributed by atoms with Crippen molar-refractivity contribution in [3.8, 4) is 5.75 Å². The molecule has 0 radical (unpaired) electrons. The van der Waals surface area contributed by atoms with Crippen molar-refractivity contribution >= 4 is 23.1 Å². The van der Waals surface area contributed by atoms with E-state index in [0.717, 1.165) is 5.56 Å². The minimum atomic E-state index is -0.380. The number of nitrogens with zero attached hydrogens (tertiary/aromatic N) is 1. The van der Waals surface area contributed by atoms with Crippen LogP contribution in [0.15, 0.2) is 59.5 Å². The van der Waals surface area contributed by atoms with Crippen LogP contribution in [-0.2, 0) is 0 Å². The number of anilines is 1. The highest BCUT2D eigenvalue weighted by Crippen LogP contribution is 2.27. The number of nitrogens with one attached hydrogen (secondary N) is 2.